The Balaban J connectivity index is 1.66. The van der Waals surface area contributed by atoms with E-state index >= 15 is 0 Å². The monoisotopic (exact) mass is 306 g/mol. The third-order valence-corrected chi connectivity index (χ3v) is 3.72. The first-order valence-corrected chi connectivity index (χ1v) is 7.23. The number of nitrogens with zero attached hydrogens (tertiary/aromatic N) is 4. The van der Waals surface area contributed by atoms with Gasteiger partial charge in [0.25, 0.3) is 5.91 Å². The Hall–Kier alpha value is -2.22. The van der Waals surface area contributed by atoms with Gasteiger partial charge in [-0.2, -0.15) is 4.37 Å². The minimum atomic E-state index is -0.0950. The molecule has 0 aliphatic carbocycles. The summed E-state index contributed by atoms with van der Waals surface area (Å²) in [6, 6.07) is 3.44. The van der Waals surface area contributed by atoms with Gasteiger partial charge in [0.15, 0.2) is 0 Å². The molecule has 7 nitrogen and oxygen atoms in total. The summed E-state index contributed by atoms with van der Waals surface area (Å²) in [5, 5.41) is 0. The van der Waals surface area contributed by atoms with E-state index in [2.05, 4.69) is 13.7 Å². The van der Waals surface area contributed by atoms with Crippen LogP contribution >= 0.6 is 11.7 Å². The van der Waals surface area contributed by atoms with E-state index in [1.54, 1.807) is 29.4 Å². The Morgan fingerprint density at radius 1 is 1.52 bits per heavy atom. The van der Waals surface area contributed by atoms with Crippen molar-refractivity contribution in [2.75, 3.05) is 20.2 Å². The summed E-state index contributed by atoms with van der Waals surface area (Å²) in [7, 11) is 1.50. The second-order valence-electron chi connectivity index (χ2n) is 4.59. The summed E-state index contributed by atoms with van der Waals surface area (Å²) in [5.41, 5.74) is 0.468. The van der Waals surface area contributed by atoms with Crippen LogP contribution in [0.15, 0.2) is 24.5 Å². The SMILES string of the molecule is COc1ncccc1C(=O)N1CCC(Oc2cnsn2)C1. The zero-order valence-corrected chi connectivity index (χ0v) is 12.2. The normalized spacial score (nSPS) is 17.8. The quantitative estimate of drug-likeness (QED) is 0.845. The zero-order chi connectivity index (χ0) is 14.7. The van der Waals surface area contributed by atoms with E-state index in [1.807, 2.05) is 0 Å². The second kappa shape index (κ2) is 6.04. The molecule has 8 heteroatoms. The van der Waals surface area contributed by atoms with Gasteiger partial charge in [-0.3, -0.25) is 4.79 Å². The van der Waals surface area contributed by atoms with Crippen LogP contribution in [-0.4, -0.2) is 50.8 Å². The highest BCUT2D eigenvalue weighted by molar-refractivity contribution is 6.99. The molecule has 0 spiro atoms. The molecule has 1 aliphatic heterocycles. The summed E-state index contributed by atoms with van der Waals surface area (Å²) in [4.78, 5) is 18.3. The summed E-state index contributed by atoms with van der Waals surface area (Å²) < 4.78 is 18.7. The standard InChI is InChI=1S/C13H14N4O3S/c1-19-12-10(3-2-5-14-12)13(18)17-6-4-9(8-17)20-11-7-15-21-16-11/h2-3,5,7,9H,4,6,8H2,1H3. The minimum Gasteiger partial charge on any atom is -0.480 e. The number of carbonyl (C=O) groups excluding carboxylic acids is 1. The van der Waals surface area contributed by atoms with Gasteiger partial charge in [-0.05, 0) is 12.1 Å². The van der Waals surface area contributed by atoms with E-state index < -0.39 is 0 Å². The van der Waals surface area contributed by atoms with Crippen molar-refractivity contribution in [3.63, 3.8) is 0 Å². The van der Waals surface area contributed by atoms with Crippen LogP contribution in [-0.2, 0) is 0 Å². The molecule has 0 aromatic carbocycles. The lowest BCUT2D eigenvalue weighted by atomic mass is 10.2. The molecule has 0 radical (unpaired) electrons. The van der Waals surface area contributed by atoms with Crippen molar-refractivity contribution in [3.8, 4) is 11.8 Å². The highest BCUT2D eigenvalue weighted by Gasteiger charge is 2.30. The van der Waals surface area contributed by atoms with Crippen molar-refractivity contribution in [1.82, 2.24) is 18.6 Å². The molecule has 1 fully saturated rings. The van der Waals surface area contributed by atoms with Gasteiger partial charge in [-0.1, -0.05) is 0 Å². The number of likely N-dealkylation sites (tertiary alicyclic amines) is 1. The molecule has 3 rings (SSSR count). The van der Waals surface area contributed by atoms with Crippen molar-refractivity contribution >= 4 is 17.6 Å². The summed E-state index contributed by atoms with van der Waals surface area (Å²) >= 11 is 1.10. The van der Waals surface area contributed by atoms with Gasteiger partial charge < -0.3 is 14.4 Å². The Bertz CT molecular complexity index is 620. The van der Waals surface area contributed by atoms with E-state index in [9.17, 15) is 4.79 Å². The van der Waals surface area contributed by atoms with E-state index in [1.165, 1.54) is 7.11 Å². The first-order valence-electron chi connectivity index (χ1n) is 6.50. The number of methoxy groups -OCH3 is 1. The minimum absolute atomic E-state index is 0.0551. The van der Waals surface area contributed by atoms with Crippen LogP contribution in [0, 0.1) is 0 Å². The Kier molecular flexibility index (Phi) is 3.96. The maximum Gasteiger partial charge on any atom is 0.259 e. The number of pyridine rings is 1. The van der Waals surface area contributed by atoms with Gasteiger partial charge >= 0.3 is 0 Å². The first kappa shape index (κ1) is 13.7. The summed E-state index contributed by atoms with van der Waals surface area (Å²) in [6.45, 7) is 1.16. The molecule has 0 N–H and O–H groups in total. The van der Waals surface area contributed by atoms with Gasteiger partial charge in [0, 0.05) is 19.2 Å². The number of rotatable bonds is 4. The first-order chi connectivity index (χ1) is 10.3. The highest BCUT2D eigenvalue weighted by atomic mass is 32.1. The van der Waals surface area contributed by atoms with E-state index in [0.717, 1.165) is 18.1 Å². The lowest BCUT2D eigenvalue weighted by molar-refractivity contribution is 0.0767. The average Bonchev–Trinajstić information content (AvgIpc) is 3.19. The predicted octanol–water partition coefficient (Wildman–Crippen LogP) is 1.24. The van der Waals surface area contributed by atoms with E-state index in [0.29, 0.717) is 30.4 Å². The molecule has 1 aliphatic rings. The van der Waals surface area contributed by atoms with Crippen LogP contribution in [0.3, 0.4) is 0 Å². The zero-order valence-electron chi connectivity index (χ0n) is 11.4. The lowest BCUT2D eigenvalue weighted by Crippen LogP contribution is -2.31. The fraction of sp³-hybridized carbons (Fsp3) is 0.385. The highest BCUT2D eigenvalue weighted by Crippen LogP contribution is 2.21. The number of hydrogen-bond donors (Lipinski definition) is 0. The van der Waals surface area contributed by atoms with Crippen LogP contribution in [0.25, 0.3) is 0 Å². The summed E-state index contributed by atoms with van der Waals surface area (Å²) in [6.07, 6.45) is 3.90. The fourth-order valence-corrected chi connectivity index (χ4v) is 2.63. The van der Waals surface area contributed by atoms with Crippen LogP contribution in [0.4, 0.5) is 0 Å². The fourth-order valence-electron chi connectivity index (χ4n) is 2.27. The molecular formula is C13H14N4O3S. The van der Waals surface area contributed by atoms with Gasteiger partial charge in [-0.25, -0.2) is 4.98 Å². The van der Waals surface area contributed by atoms with Crippen molar-refractivity contribution in [3.05, 3.63) is 30.1 Å². The molecule has 1 saturated heterocycles. The molecule has 21 heavy (non-hydrogen) atoms. The van der Waals surface area contributed by atoms with Crippen molar-refractivity contribution in [2.24, 2.45) is 0 Å². The molecule has 3 heterocycles. The average molecular weight is 306 g/mol. The lowest BCUT2D eigenvalue weighted by Gasteiger charge is -2.17. The Morgan fingerprint density at radius 2 is 2.43 bits per heavy atom. The van der Waals surface area contributed by atoms with Gasteiger partial charge in [0.1, 0.15) is 17.9 Å². The number of hydrogen-bond acceptors (Lipinski definition) is 7. The van der Waals surface area contributed by atoms with Crippen molar-refractivity contribution < 1.29 is 14.3 Å². The molecule has 1 amide bonds. The van der Waals surface area contributed by atoms with E-state index in [4.69, 9.17) is 9.47 Å². The molecule has 2 aromatic rings. The molecule has 2 aromatic heterocycles. The molecule has 1 unspecified atom stereocenters. The third-order valence-electron chi connectivity index (χ3n) is 3.26. The van der Waals surface area contributed by atoms with Gasteiger partial charge in [-0.15, -0.1) is 4.37 Å². The second-order valence-corrected chi connectivity index (χ2v) is 5.14. The molecular weight excluding hydrogens is 292 g/mol. The Morgan fingerprint density at radius 3 is 3.19 bits per heavy atom. The topological polar surface area (TPSA) is 77.4 Å². The smallest absolute Gasteiger partial charge is 0.259 e. The number of ether oxygens (including phenoxy) is 2. The van der Waals surface area contributed by atoms with Crippen LogP contribution in [0.5, 0.6) is 11.8 Å². The molecule has 110 valence electrons. The largest absolute Gasteiger partial charge is 0.480 e. The van der Waals surface area contributed by atoms with Crippen molar-refractivity contribution in [1.29, 1.82) is 0 Å². The summed E-state index contributed by atoms with van der Waals surface area (Å²) in [5.74, 6) is 0.760. The Labute approximate surface area is 125 Å². The number of amides is 1. The van der Waals surface area contributed by atoms with Gasteiger partial charge in [0.05, 0.1) is 25.4 Å². The van der Waals surface area contributed by atoms with Crippen LogP contribution < -0.4 is 9.47 Å². The number of aromatic nitrogens is 3. The molecule has 0 saturated carbocycles. The van der Waals surface area contributed by atoms with Crippen LogP contribution in [0.1, 0.15) is 16.8 Å². The van der Waals surface area contributed by atoms with Crippen molar-refractivity contribution in [2.45, 2.75) is 12.5 Å². The van der Waals surface area contributed by atoms with E-state index in [-0.39, 0.29) is 12.0 Å². The third kappa shape index (κ3) is 2.94. The van der Waals surface area contributed by atoms with Crippen LogP contribution in [0.2, 0.25) is 0 Å². The molecule has 0 bridgehead atoms. The maximum atomic E-state index is 12.5. The maximum absolute atomic E-state index is 12.5. The number of carbonyl (C=O) groups is 1. The van der Waals surface area contributed by atoms with Gasteiger partial charge in [0.2, 0.25) is 11.8 Å². The molecule has 1 atom stereocenters. The predicted molar refractivity (Wildman–Crippen MR) is 75.6 cm³/mol.